The van der Waals surface area contributed by atoms with Gasteiger partial charge < -0.3 is 4.90 Å². The van der Waals surface area contributed by atoms with Crippen LogP contribution in [0.4, 0.5) is 11.4 Å². The molecule has 96 valence electrons. The Balaban J connectivity index is 2.50. The number of nitrogens with zero attached hydrogens (tertiary/aromatic N) is 2. The van der Waals surface area contributed by atoms with Crippen LogP contribution >= 0.6 is 0 Å². The summed E-state index contributed by atoms with van der Waals surface area (Å²) in [5.41, 5.74) is 6.33. The maximum Gasteiger partial charge on any atom is 0.101 e. The Kier molecular flexibility index (Phi) is 3.57. The van der Waals surface area contributed by atoms with E-state index in [-0.39, 0.29) is 0 Å². The Morgan fingerprint density at radius 1 is 0.895 bits per heavy atom. The largest absolute Gasteiger partial charge is 0.344 e. The molecule has 19 heavy (non-hydrogen) atoms. The van der Waals surface area contributed by atoms with Crippen LogP contribution in [0, 0.1) is 32.1 Å². The SMILES string of the molecule is Cc1cc(C)cc(N(C)c2ccc(C)cc2C#N)c1. The van der Waals surface area contributed by atoms with Gasteiger partial charge in [0, 0.05) is 12.7 Å². The second-order valence-corrected chi connectivity index (χ2v) is 5.04. The van der Waals surface area contributed by atoms with E-state index in [0.29, 0.717) is 5.56 Å². The lowest BCUT2D eigenvalue weighted by Gasteiger charge is -2.22. The van der Waals surface area contributed by atoms with Crippen molar-refractivity contribution >= 4 is 11.4 Å². The third-order valence-corrected chi connectivity index (χ3v) is 3.23. The zero-order valence-electron chi connectivity index (χ0n) is 11.9. The molecule has 0 heterocycles. The molecule has 0 aliphatic carbocycles. The molecular formula is C17H18N2. The summed E-state index contributed by atoms with van der Waals surface area (Å²) < 4.78 is 0. The minimum absolute atomic E-state index is 0.710. The van der Waals surface area contributed by atoms with Gasteiger partial charge in [0.1, 0.15) is 6.07 Å². The van der Waals surface area contributed by atoms with Crippen LogP contribution in [0.2, 0.25) is 0 Å². The van der Waals surface area contributed by atoms with E-state index in [0.717, 1.165) is 16.9 Å². The van der Waals surface area contributed by atoms with Gasteiger partial charge in [0.05, 0.1) is 11.3 Å². The van der Waals surface area contributed by atoms with E-state index in [4.69, 9.17) is 0 Å². The van der Waals surface area contributed by atoms with Gasteiger partial charge in [0.15, 0.2) is 0 Å². The van der Waals surface area contributed by atoms with Crippen LogP contribution < -0.4 is 4.90 Å². The predicted octanol–water partition coefficient (Wildman–Crippen LogP) is 4.25. The van der Waals surface area contributed by atoms with E-state index in [9.17, 15) is 5.26 Å². The van der Waals surface area contributed by atoms with E-state index in [1.807, 2.05) is 32.2 Å². The first-order chi connectivity index (χ1) is 9.01. The molecule has 0 aromatic heterocycles. The maximum absolute atomic E-state index is 9.27. The van der Waals surface area contributed by atoms with Crippen LogP contribution in [-0.4, -0.2) is 7.05 Å². The number of rotatable bonds is 2. The fourth-order valence-electron chi connectivity index (χ4n) is 2.32. The highest BCUT2D eigenvalue weighted by Crippen LogP contribution is 2.28. The number of aryl methyl sites for hydroxylation is 3. The van der Waals surface area contributed by atoms with Crippen LogP contribution in [0.15, 0.2) is 36.4 Å². The quantitative estimate of drug-likeness (QED) is 0.796. The molecule has 2 nitrogen and oxygen atoms in total. The minimum Gasteiger partial charge on any atom is -0.344 e. The molecule has 0 spiro atoms. The Labute approximate surface area is 114 Å². The number of benzene rings is 2. The third-order valence-electron chi connectivity index (χ3n) is 3.23. The minimum atomic E-state index is 0.710. The number of hydrogen-bond donors (Lipinski definition) is 0. The summed E-state index contributed by atoms with van der Waals surface area (Å²) in [5.74, 6) is 0. The third kappa shape index (κ3) is 2.77. The first-order valence-corrected chi connectivity index (χ1v) is 6.34. The van der Waals surface area contributed by atoms with Crippen LogP contribution in [-0.2, 0) is 0 Å². The van der Waals surface area contributed by atoms with Crippen molar-refractivity contribution in [2.45, 2.75) is 20.8 Å². The monoisotopic (exact) mass is 250 g/mol. The smallest absolute Gasteiger partial charge is 0.101 e. The average Bonchev–Trinajstić information content (AvgIpc) is 2.36. The molecule has 0 fully saturated rings. The lowest BCUT2D eigenvalue weighted by atomic mass is 10.1. The van der Waals surface area contributed by atoms with Gasteiger partial charge in [0.2, 0.25) is 0 Å². The molecule has 2 rings (SSSR count). The van der Waals surface area contributed by atoms with Crippen molar-refractivity contribution in [3.63, 3.8) is 0 Å². The molecule has 0 saturated heterocycles. The van der Waals surface area contributed by atoms with E-state index < -0.39 is 0 Å². The Bertz CT molecular complexity index is 631. The van der Waals surface area contributed by atoms with Crippen LogP contribution in [0.3, 0.4) is 0 Å². The van der Waals surface area contributed by atoms with Crippen molar-refractivity contribution in [1.29, 1.82) is 5.26 Å². The number of nitriles is 1. The molecule has 0 saturated carbocycles. The molecule has 2 heteroatoms. The Morgan fingerprint density at radius 3 is 2.11 bits per heavy atom. The molecule has 0 unspecified atom stereocenters. The molecule has 0 aliphatic heterocycles. The highest BCUT2D eigenvalue weighted by atomic mass is 15.1. The van der Waals surface area contributed by atoms with Crippen molar-refractivity contribution in [1.82, 2.24) is 0 Å². The van der Waals surface area contributed by atoms with Crippen molar-refractivity contribution in [2.75, 3.05) is 11.9 Å². The Morgan fingerprint density at radius 2 is 1.53 bits per heavy atom. The van der Waals surface area contributed by atoms with Crippen molar-refractivity contribution in [3.8, 4) is 6.07 Å². The van der Waals surface area contributed by atoms with Crippen molar-refractivity contribution in [3.05, 3.63) is 58.7 Å². The molecule has 0 bridgehead atoms. The van der Waals surface area contributed by atoms with Crippen LogP contribution in [0.5, 0.6) is 0 Å². The fraction of sp³-hybridized carbons (Fsp3) is 0.235. The molecule has 2 aromatic rings. The summed E-state index contributed by atoms with van der Waals surface area (Å²) >= 11 is 0. The van der Waals surface area contributed by atoms with Crippen LogP contribution in [0.1, 0.15) is 22.3 Å². The second kappa shape index (κ2) is 5.16. The molecule has 2 aromatic carbocycles. The second-order valence-electron chi connectivity index (χ2n) is 5.04. The molecule has 0 radical (unpaired) electrons. The lowest BCUT2D eigenvalue weighted by Crippen LogP contribution is -2.11. The topological polar surface area (TPSA) is 27.0 Å². The molecule has 0 amide bonds. The number of hydrogen-bond acceptors (Lipinski definition) is 2. The maximum atomic E-state index is 9.27. The van der Waals surface area contributed by atoms with E-state index in [2.05, 4.69) is 43.0 Å². The summed E-state index contributed by atoms with van der Waals surface area (Å²) in [6.45, 7) is 6.18. The standard InChI is InChI=1S/C17H18N2/c1-12-5-6-17(15(8-12)11-18)19(4)16-9-13(2)7-14(3)10-16/h5-10H,1-4H3. The summed E-state index contributed by atoms with van der Waals surface area (Å²) in [5, 5.41) is 9.27. The molecule has 0 aliphatic rings. The zero-order chi connectivity index (χ0) is 14.0. The zero-order valence-corrected chi connectivity index (χ0v) is 11.9. The summed E-state index contributed by atoms with van der Waals surface area (Å²) in [6.07, 6.45) is 0. The summed E-state index contributed by atoms with van der Waals surface area (Å²) in [7, 11) is 2.00. The van der Waals surface area contributed by atoms with Gasteiger partial charge in [0.25, 0.3) is 0 Å². The highest BCUT2D eigenvalue weighted by molar-refractivity contribution is 5.70. The van der Waals surface area contributed by atoms with E-state index in [1.165, 1.54) is 11.1 Å². The highest BCUT2D eigenvalue weighted by Gasteiger charge is 2.10. The van der Waals surface area contributed by atoms with Gasteiger partial charge in [-0.1, -0.05) is 12.1 Å². The van der Waals surface area contributed by atoms with E-state index >= 15 is 0 Å². The average molecular weight is 250 g/mol. The molecular weight excluding hydrogens is 232 g/mol. The molecule has 0 N–H and O–H groups in total. The normalized spacial score (nSPS) is 10.1. The van der Waals surface area contributed by atoms with Crippen molar-refractivity contribution < 1.29 is 0 Å². The fourth-order valence-corrected chi connectivity index (χ4v) is 2.32. The van der Waals surface area contributed by atoms with Crippen LogP contribution in [0.25, 0.3) is 0 Å². The lowest BCUT2D eigenvalue weighted by molar-refractivity contribution is 1.18. The first-order valence-electron chi connectivity index (χ1n) is 6.34. The van der Waals surface area contributed by atoms with Gasteiger partial charge in [-0.15, -0.1) is 0 Å². The van der Waals surface area contributed by atoms with Gasteiger partial charge in [-0.05, 0) is 61.7 Å². The van der Waals surface area contributed by atoms with Gasteiger partial charge in [-0.3, -0.25) is 0 Å². The van der Waals surface area contributed by atoms with E-state index in [1.54, 1.807) is 0 Å². The molecule has 0 atom stereocenters. The predicted molar refractivity (Wildman–Crippen MR) is 79.9 cm³/mol. The number of anilines is 2. The Hall–Kier alpha value is -2.27. The van der Waals surface area contributed by atoms with Crippen molar-refractivity contribution in [2.24, 2.45) is 0 Å². The van der Waals surface area contributed by atoms with Gasteiger partial charge in [-0.25, -0.2) is 0 Å². The van der Waals surface area contributed by atoms with Gasteiger partial charge >= 0.3 is 0 Å². The first kappa shape index (κ1) is 13.2. The summed E-state index contributed by atoms with van der Waals surface area (Å²) in [4.78, 5) is 2.07. The van der Waals surface area contributed by atoms with Gasteiger partial charge in [-0.2, -0.15) is 5.26 Å². The summed E-state index contributed by atoms with van der Waals surface area (Å²) in [6, 6.07) is 14.7.